The molecular weight excluding hydrogens is 441 g/mol. The SMILES string of the molecule is Cc1c(-c2cc3cc(NC(=O)O[C@H]4CC[C@@](C)(O)C4)ncc3c(N)c2F)cnc2c1NCCO2. The van der Waals surface area contributed by atoms with E-state index in [4.69, 9.17) is 15.2 Å². The number of ether oxygens (including phenoxy) is 2. The smallest absolute Gasteiger partial charge is 0.413 e. The molecule has 0 spiro atoms. The van der Waals surface area contributed by atoms with Gasteiger partial charge in [0.25, 0.3) is 0 Å². The van der Waals surface area contributed by atoms with Crippen molar-refractivity contribution in [3.63, 3.8) is 0 Å². The van der Waals surface area contributed by atoms with Crippen LogP contribution in [-0.2, 0) is 4.74 Å². The Labute approximate surface area is 195 Å². The van der Waals surface area contributed by atoms with Crippen molar-refractivity contribution in [3.05, 3.63) is 35.9 Å². The number of amides is 1. The highest BCUT2D eigenvalue weighted by Crippen LogP contribution is 2.39. The molecule has 3 heterocycles. The first-order valence-corrected chi connectivity index (χ1v) is 11.2. The Balaban J connectivity index is 1.45. The predicted molar refractivity (Wildman–Crippen MR) is 126 cm³/mol. The molecule has 2 atom stereocenters. The summed E-state index contributed by atoms with van der Waals surface area (Å²) in [5.74, 6) is 0.165. The van der Waals surface area contributed by atoms with Gasteiger partial charge in [-0.1, -0.05) is 0 Å². The molecule has 178 valence electrons. The fraction of sp³-hybridized carbons (Fsp3) is 0.375. The minimum Gasteiger partial charge on any atom is -0.474 e. The number of carbonyl (C=O) groups is 1. The average Bonchev–Trinajstić information content (AvgIpc) is 3.14. The molecule has 3 aromatic rings. The number of halogens is 1. The molecule has 0 radical (unpaired) electrons. The van der Waals surface area contributed by atoms with E-state index < -0.39 is 17.5 Å². The summed E-state index contributed by atoms with van der Waals surface area (Å²) in [6.07, 6.45) is 3.53. The molecule has 2 aliphatic rings. The van der Waals surface area contributed by atoms with Crippen LogP contribution in [0.4, 0.5) is 26.4 Å². The van der Waals surface area contributed by atoms with Crippen LogP contribution in [0, 0.1) is 12.7 Å². The Morgan fingerprint density at radius 2 is 2.18 bits per heavy atom. The number of nitrogens with one attached hydrogen (secondary N) is 2. The van der Waals surface area contributed by atoms with Crippen LogP contribution in [0.1, 0.15) is 31.7 Å². The summed E-state index contributed by atoms with van der Waals surface area (Å²) >= 11 is 0. The summed E-state index contributed by atoms with van der Waals surface area (Å²) in [5, 5.41) is 16.9. The van der Waals surface area contributed by atoms with E-state index in [1.165, 1.54) is 6.20 Å². The Kier molecular flexibility index (Phi) is 5.40. The van der Waals surface area contributed by atoms with E-state index in [1.54, 1.807) is 25.3 Å². The Morgan fingerprint density at radius 1 is 1.35 bits per heavy atom. The molecular formula is C24H26FN5O4. The van der Waals surface area contributed by atoms with Gasteiger partial charge in [-0.2, -0.15) is 0 Å². The minimum atomic E-state index is -0.824. The van der Waals surface area contributed by atoms with E-state index in [1.807, 2.05) is 6.92 Å². The van der Waals surface area contributed by atoms with Crippen LogP contribution >= 0.6 is 0 Å². The van der Waals surface area contributed by atoms with Gasteiger partial charge in [0.05, 0.1) is 11.3 Å². The van der Waals surface area contributed by atoms with Crippen molar-refractivity contribution in [1.29, 1.82) is 0 Å². The normalized spacial score (nSPS) is 21.5. The van der Waals surface area contributed by atoms with Crippen LogP contribution in [0.25, 0.3) is 21.9 Å². The fourth-order valence-electron chi connectivity index (χ4n) is 4.61. The molecule has 1 fully saturated rings. The van der Waals surface area contributed by atoms with Crippen molar-refractivity contribution in [2.45, 2.75) is 44.8 Å². The van der Waals surface area contributed by atoms with Gasteiger partial charge in [0.2, 0.25) is 5.88 Å². The number of nitrogens with two attached hydrogens (primary N) is 1. The van der Waals surface area contributed by atoms with E-state index in [0.29, 0.717) is 54.6 Å². The molecule has 2 aromatic heterocycles. The molecule has 0 unspecified atom stereocenters. The lowest BCUT2D eigenvalue weighted by Gasteiger charge is -2.22. The maximum atomic E-state index is 15.3. The zero-order valence-corrected chi connectivity index (χ0v) is 18.9. The number of benzene rings is 1. The number of anilines is 3. The van der Waals surface area contributed by atoms with E-state index in [9.17, 15) is 9.90 Å². The molecule has 1 aromatic carbocycles. The zero-order chi connectivity index (χ0) is 24.0. The highest BCUT2D eigenvalue weighted by Gasteiger charge is 2.35. The van der Waals surface area contributed by atoms with Crippen LogP contribution < -0.4 is 21.1 Å². The summed E-state index contributed by atoms with van der Waals surface area (Å²) in [6.45, 7) is 4.74. The minimum absolute atomic E-state index is 0.0383. The van der Waals surface area contributed by atoms with Crippen LogP contribution in [0.2, 0.25) is 0 Å². The van der Waals surface area contributed by atoms with Crippen LogP contribution in [0.5, 0.6) is 5.88 Å². The third kappa shape index (κ3) is 4.05. The third-order valence-corrected chi connectivity index (χ3v) is 6.41. The first-order chi connectivity index (χ1) is 16.2. The topological polar surface area (TPSA) is 132 Å². The summed E-state index contributed by atoms with van der Waals surface area (Å²) in [6, 6.07) is 3.27. The Bertz CT molecular complexity index is 1300. The highest BCUT2D eigenvalue weighted by atomic mass is 19.1. The quantitative estimate of drug-likeness (QED) is 0.425. The summed E-state index contributed by atoms with van der Waals surface area (Å²) < 4.78 is 26.3. The number of hydrogen-bond donors (Lipinski definition) is 4. The molecule has 10 heteroatoms. The van der Waals surface area contributed by atoms with Crippen molar-refractivity contribution >= 4 is 34.1 Å². The zero-order valence-electron chi connectivity index (χ0n) is 18.9. The molecule has 1 aliphatic carbocycles. The number of hydrogen-bond acceptors (Lipinski definition) is 8. The van der Waals surface area contributed by atoms with Crippen molar-refractivity contribution in [2.24, 2.45) is 0 Å². The van der Waals surface area contributed by atoms with Crippen LogP contribution in [0.3, 0.4) is 0 Å². The third-order valence-electron chi connectivity index (χ3n) is 6.41. The Hall–Kier alpha value is -3.66. The van der Waals surface area contributed by atoms with Crippen molar-refractivity contribution in [1.82, 2.24) is 9.97 Å². The van der Waals surface area contributed by atoms with Gasteiger partial charge in [0, 0.05) is 41.9 Å². The molecule has 1 saturated carbocycles. The van der Waals surface area contributed by atoms with Gasteiger partial charge in [-0.15, -0.1) is 0 Å². The first-order valence-electron chi connectivity index (χ1n) is 11.2. The fourth-order valence-corrected chi connectivity index (χ4v) is 4.61. The summed E-state index contributed by atoms with van der Waals surface area (Å²) in [4.78, 5) is 20.8. The van der Waals surface area contributed by atoms with E-state index in [0.717, 1.165) is 11.3 Å². The van der Waals surface area contributed by atoms with Gasteiger partial charge in [-0.05, 0) is 49.8 Å². The van der Waals surface area contributed by atoms with Crippen LogP contribution in [0.15, 0.2) is 24.5 Å². The second-order valence-electron chi connectivity index (χ2n) is 9.09. The van der Waals surface area contributed by atoms with E-state index in [-0.39, 0.29) is 23.2 Å². The lowest BCUT2D eigenvalue weighted by atomic mass is 9.97. The number of aromatic nitrogens is 2. The largest absolute Gasteiger partial charge is 0.474 e. The number of carbonyl (C=O) groups excluding carboxylic acids is 1. The first kappa shape index (κ1) is 22.1. The molecule has 9 nitrogen and oxygen atoms in total. The van der Waals surface area contributed by atoms with Gasteiger partial charge >= 0.3 is 6.09 Å². The summed E-state index contributed by atoms with van der Waals surface area (Å²) in [5.41, 5.74) is 7.66. The average molecular weight is 468 g/mol. The maximum Gasteiger partial charge on any atom is 0.413 e. The predicted octanol–water partition coefficient (Wildman–Crippen LogP) is 3.98. The molecule has 1 amide bonds. The van der Waals surface area contributed by atoms with Gasteiger partial charge in [0.15, 0.2) is 5.82 Å². The number of pyridine rings is 2. The molecule has 0 bridgehead atoms. The van der Waals surface area contributed by atoms with Crippen LogP contribution in [-0.4, -0.2) is 46.0 Å². The van der Waals surface area contributed by atoms with Gasteiger partial charge in [0.1, 0.15) is 24.2 Å². The number of aliphatic hydroxyl groups is 1. The van der Waals surface area contributed by atoms with Crippen molar-refractivity contribution < 1.29 is 23.8 Å². The number of fused-ring (bicyclic) bond motifs is 2. The monoisotopic (exact) mass is 467 g/mol. The number of nitrogens with zero attached hydrogens (tertiary/aromatic N) is 2. The standard InChI is InChI=1S/C24H26FN5O4/c1-12-16(10-29-22-21(12)27-5-6-33-22)15-7-13-8-18(28-11-17(13)20(26)19(15)25)30-23(31)34-14-3-4-24(2,32)9-14/h7-8,10-11,14,27,32H,3-6,9,26H2,1-2H3,(H,28,30,31)/t14-,24+/m0/s1. The van der Waals surface area contributed by atoms with Gasteiger partial charge < -0.3 is 25.6 Å². The molecule has 34 heavy (non-hydrogen) atoms. The Morgan fingerprint density at radius 3 is 2.94 bits per heavy atom. The number of rotatable bonds is 3. The lowest BCUT2D eigenvalue weighted by molar-refractivity contribution is 0.0453. The number of nitrogen functional groups attached to an aromatic ring is 1. The van der Waals surface area contributed by atoms with E-state index in [2.05, 4.69) is 20.6 Å². The van der Waals surface area contributed by atoms with Crippen molar-refractivity contribution in [2.75, 3.05) is 29.5 Å². The second kappa shape index (κ2) is 8.28. The molecule has 5 N–H and O–H groups in total. The second-order valence-corrected chi connectivity index (χ2v) is 9.09. The van der Waals surface area contributed by atoms with Crippen molar-refractivity contribution in [3.8, 4) is 17.0 Å². The summed E-state index contributed by atoms with van der Waals surface area (Å²) in [7, 11) is 0. The lowest BCUT2D eigenvalue weighted by Crippen LogP contribution is -2.24. The molecule has 1 aliphatic heterocycles. The van der Waals surface area contributed by atoms with E-state index >= 15 is 4.39 Å². The molecule has 5 rings (SSSR count). The molecule has 0 saturated heterocycles. The van der Waals surface area contributed by atoms with Gasteiger partial charge in [-0.25, -0.2) is 19.2 Å². The highest BCUT2D eigenvalue weighted by molar-refractivity contribution is 5.99. The maximum absolute atomic E-state index is 15.3. The van der Waals surface area contributed by atoms with Gasteiger partial charge in [-0.3, -0.25) is 5.32 Å².